The van der Waals surface area contributed by atoms with Crippen LogP contribution in [0.25, 0.3) is 11.6 Å². The highest BCUT2D eigenvalue weighted by Gasteiger charge is 2.48. The van der Waals surface area contributed by atoms with Gasteiger partial charge in [0.25, 0.3) is 11.6 Å². The van der Waals surface area contributed by atoms with Gasteiger partial charge in [-0.15, -0.1) is 59.8 Å². The average molecular weight is 836 g/mol. The number of hydrazine groups is 1. The van der Waals surface area contributed by atoms with E-state index in [4.69, 9.17) is 15.3 Å². The van der Waals surface area contributed by atoms with Crippen LogP contribution >= 0.6 is 49.6 Å². The molecule has 0 bridgehead atoms. The maximum atomic E-state index is 13.7. The van der Waals surface area contributed by atoms with Crippen molar-refractivity contribution in [2.24, 2.45) is 11.8 Å². The molecule has 24 heteroatoms. The third kappa shape index (κ3) is 8.84. The first-order chi connectivity index (χ1) is 23.4. The molecule has 0 spiro atoms. The van der Waals surface area contributed by atoms with E-state index in [1.165, 1.54) is 38.5 Å². The van der Waals surface area contributed by atoms with Gasteiger partial charge in [-0.1, -0.05) is 30.3 Å². The largest absolute Gasteiger partial charge is 0.495 e. The molecule has 1 fully saturated rings. The van der Waals surface area contributed by atoms with Crippen molar-refractivity contribution in [3.05, 3.63) is 83.2 Å². The van der Waals surface area contributed by atoms with Crippen molar-refractivity contribution < 1.29 is 35.8 Å². The zero-order valence-electron chi connectivity index (χ0n) is 27.5. The molecule has 53 heavy (non-hydrogen) atoms. The van der Waals surface area contributed by atoms with Crippen LogP contribution in [-0.2, 0) is 30.7 Å². The van der Waals surface area contributed by atoms with Crippen LogP contribution in [0.1, 0.15) is 41.4 Å². The molecule has 6 rings (SSSR count). The summed E-state index contributed by atoms with van der Waals surface area (Å²) in [6, 6.07) is 14.8. The molecule has 4 aromatic heterocycles. The summed E-state index contributed by atoms with van der Waals surface area (Å²) >= 11 is 0. The van der Waals surface area contributed by atoms with Crippen LogP contribution in [0.5, 0.6) is 11.5 Å². The number of hydrogen-bond acceptors (Lipinski definition) is 12. The molecule has 1 aromatic carbocycles. The van der Waals surface area contributed by atoms with Gasteiger partial charge < -0.3 is 9.47 Å². The summed E-state index contributed by atoms with van der Waals surface area (Å²) in [7, 11) is 2.81. The SMILES string of the molecule is COc1ccc(-n2nnnc2C(F)(F)F)nc1CC1CCCN(N)C1(Cc1nc(-n2nnnc2C(F)(F)F)ccc1OC)c1ccccc1.Cl.Cl.Cl.Cl. The lowest BCUT2D eigenvalue weighted by Crippen LogP contribution is -2.60. The first-order valence-electron chi connectivity index (χ1n) is 14.7. The van der Waals surface area contributed by atoms with Gasteiger partial charge in [0.05, 0.1) is 31.1 Å². The summed E-state index contributed by atoms with van der Waals surface area (Å²) in [6.07, 6.45) is -8.30. The minimum absolute atomic E-state index is 0. The fourth-order valence-corrected chi connectivity index (χ4v) is 6.29. The Labute approximate surface area is 322 Å². The van der Waals surface area contributed by atoms with Gasteiger partial charge in [0.15, 0.2) is 11.6 Å². The maximum Gasteiger partial charge on any atom is 0.453 e. The molecule has 1 aliphatic rings. The number of tetrazole rings is 2. The molecule has 290 valence electrons. The quantitative estimate of drug-likeness (QED) is 0.148. The summed E-state index contributed by atoms with van der Waals surface area (Å²) in [5.74, 6) is 3.94. The van der Waals surface area contributed by atoms with Crippen LogP contribution in [-0.4, -0.2) is 76.2 Å². The Bertz CT molecular complexity index is 1940. The molecule has 5 aromatic rings. The second kappa shape index (κ2) is 17.8. The predicted molar refractivity (Wildman–Crippen MR) is 185 cm³/mol. The van der Waals surface area contributed by atoms with Crippen molar-refractivity contribution in [2.75, 3.05) is 20.8 Å². The van der Waals surface area contributed by atoms with Gasteiger partial charge in [-0.05, 0) is 75.9 Å². The van der Waals surface area contributed by atoms with E-state index in [9.17, 15) is 26.3 Å². The fraction of sp³-hybridized carbons (Fsp3) is 0.379. The summed E-state index contributed by atoms with van der Waals surface area (Å²) in [6.45, 7) is 0.433. The lowest BCUT2D eigenvalue weighted by Gasteiger charge is -2.51. The maximum absolute atomic E-state index is 13.7. The minimum atomic E-state index is -4.86. The van der Waals surface area contributed by atoms with Crippen molar-refractivity contribution in [3.8, 4) is 23.1 Å². The standard InChI is InChI=1S/C29H28F6N12O2.4ClH/c1-48-21-10-12-23(46-25(28(30,31)32)39-41-43-46)37-19(21)15-18-9-6-14-45(36)27(18,17-7-4-3-5-8-17)16-20-22(49-2)11-13-24(38-20)47-26(29(33,34)35)40-42-44-47;;;;/h3-5,7-8,10-13,18H,6,9,14-16,36H2,1-2H3;4*1H. The smallest absolute Gasteiger partial charge is 0.453 e. The number of benzene rings is 1. The van der Waals surface area contributed by atoms with E-state index >= 15 is 0 Å². The van der Waals surface area contributed by atoms with E-state index in [0.29, 0.717) is 40.2 Å². The van der Waals surface area contributed by atoms with E-state index in [0.717, 1.165) is 5.56 Å². The molecular weight excluding hydrogens is 804 g/mol. The van der Waals surface area contributed by atoms with E-state index in [-0.39, 0.29) is 85.5 Å². The van der Waals surface area contributed by atoms with Crippen LogP contribution in [0.3, 0.4) is 0 Å². The van der Waals surface area contributed by atoms with Gasteiger partial charge in [0.2, 0.25) is 0 Å². The van der Waals surface area contributed by atoms with Gasteiger partial charge in [-0.25, -0.2) is 15.0 Å². The number of hydrogen-bond donors (Lipinski definition) is 1. The van der Waals surface area contributed by atoms with Gasteiger partial charge in [0.1, 0.15) is 11.5 Å². The Morgan fingerprint density at radius 3 is 1.72 bits per heavy atom. The highest BCUT2D eigenvalue weighted by atomic mass is 35.5. The van der Waals surface area contributed by atoms with Crippen LogP contribution in [0, 0.1) is 5.92 Å². The Hall–Kier alpha value is -4.08. The number of piperidine rings is 1. The molecule has 5 heterocycles. The summed E-state index contributed by atoms with van der Waals surface area (Å²) < 4.78 is 94.3. The molecule has 2 N–H and O–H groups in total. The highest BCUT2D eigenvalue weighted by Crippen LogP contribution is 2.46. The normalized spacial score (nSPS) is 17.4. The molecule has 2 unspecified atom stereocenters. The average Bonchev–Trinajstić information content (AvgIpc) is 3.78. The van der Waals surface area contributed by atoms with Crippen molar-refractivity contribution in [1.82, 2.24) is 55.4 Å². The van der Waals surface area contributed by atoms with Crippen molar-refractivity contribution >= 4 is 49.6 Å². The molecule has 0 aliphatic carbocycles. The lowest BCUT2D eigenvalue weighted by molar-refractivity contribution is -0.147. The second-order valence-corrected chi connectivity index (χ2v) is 11.2. The minimum Gasteiger partial charge on any atom is -0.495 e. The van der Waals surface area contributed by atoms with Gasteiger partial charge >= 0.3 is 12.4 Å². The number of nitrogens with zero attached hydrogens (tertiary/aromatic N) is 11. The van der Waals surface area contributed by atoms with Crippen molar-refractivity contribution in [2.45, 2.75) is 43.6 Å². The Morgan fingerprint density at radius 1 is 0.736 bits per heavy atom. The van der Waals surface area contributed by atoms with Crippen LogP contribution in [0.15, 0.2) is 54.6 Å². The zero-order valence-corrected chi connectivity index (χ0v) is 30.8. The summed E-state index contributed by atoms with van der Waals surface area (Å²) in [5, 5.41) is 21.3. The van der Waals surface area contributed by atoms with E-state index < -0.39 is 35.5 Å². The number of nitrogens with two attached hydrogens (primary N) is 1. The fourth-order valence-electron chi connectivity index (χ4n) is 6.29. The summed E-state index contributed by atoms with van der Waals surface area (Å²) in [5.41, 5.74) is 0.235. The number of methoxy groups -OCH3 is 2. The van der Waals surface area contributed by atoms with E-state index in [1.54, 1.807) is 5.01 Å². The topological polar surface area (TPSA) is 161 Å². The second-order valence-electron chi connectivity index (χ2n) is 11.2. The highest BCUT2D eigenvalue weighted by molar-refractivity contribution is 5.86. The number of rotatable bonds is 9. The molecule has 1 aliphatic heterocycles. The number of aromatic nitrogens is 10. The predicted octanol–water partition coefficient (Wildman–Crippen LogP) is 5.44. The third-order valence-corrected chi connectivity index (χ3v) is 8.45. The van der Waals surface area contributed by atoms with Gasteiger partial charge in [0, 0.05) is 13.0 Å². The Kier molecular flexibility index (Phi) is 15.2. The lowest BCUT2D eigenvalue weighted by atomic mass is 9.68. The molecule has 0 radical (unpaired) electrons. The van der Waals surface area contributed by atoms with E-state index in [1.807, 2.05) is 30.3 Å². The number of halogens is 10. The monoisotopic (exact) mass is 834 g/mol. The van der Waals surface area contributed by atoms with Crippen LogP contribution in [0.4, 0.5) is 26.3 Å². The number of pyridine rings is 2. The zero-order chi connectivity index (χ0) is 35.0. The van der Waals surface area contributed by atoms with Crippen molar-refractivity contribution in [3.63, 3.8) is 0 Å². The first-order valence-corrected chi connectivity index (χ1v) is 14.7. The molecule has 0 saturated carbocycles. The van der Waals surface area contributed by atoms with Crippen LogP contribution in [0.2, 0.25) is 0 Å². The molecule has 14 nitrogen and oxygen atoms in total. The molecule has 1 saturated heterocycles. The third-order valence-electron chi connectivity index (χ3n) is 8.45. The summed E-state index contributed by atoms with van der Waals surface area (Å²) in [4.78, 5) is 9.08. The molecule has 0 amide bonds. The van der Waals surface area contributed by atoms with Crippen LogP contribution < -0.4 is 15.3 Å². The molecular formula is C29H32Cl4F6N12O2. The van der Waals surface area contributed by atoms with Gasteiger partial charge in [-0.2, -0.15) is 35.7 Å². The Balaban J connectivity index is 0.00000243. The first kappa shape index (κ1) is 45.1. The van der Waals surface area contributed by atoms with Crippen molar-refractivity contribution in [1.29, 1.82) is 0 Å². The number of ether oxygens (including phenoxy) is 2. The molecule has 2 atom stereocenters. The van der Waals surface area contributed by atoms with Gasteiger partial charge in [-0.3, -0.25) is 5.84 Å². The van der Waals surface area contributed by atoms with E-state index in [2.05, 4.69) is 41.0 Å². The number of alkyl halides is 6. The Morgan fingerprint density at radius 2 is 1.23 bits per heavy atom.